The number of aliphatic carboxylic acids is 1. The Bertz CT molecular complexity index is 1230. The molecule has 1 aliphatic heterocycles. The molecule has 0 saturated heterocycles. The number of carbonyl (C=O) groups is 3. The number of carboxylic acids is 1. The highest BCUT2D eigenvalue weighted by atomic mass is 35.5. The lowest BCUT2D eigenvalue weighted by Crippen LogP contribution is -2.51. The second-order valence-electron chi connectivity index (χ2n) is 9.20. The molecular formula is C26H27Cl2N3O6. The number of benzene rings is 2. The predicted octanol–water partition coefficient (Wildman–Crippen LogP) is 5.15. The van der Waals surface area contributed by atoms with Crippen molar-refractivity contribution in [2.24, 2.45) is 4.99 Å². The number of alkyl carbamates (subject to hydrolysis) is 1. The fourth-order valence-corrected chi connectivity index (χ4v) is 3.85. The summed E-state index contributed by atoms with van der Waals surface area (Å²) in [6.45, 7) is 6.45. The number of rotatable bonds is 8. The monoisotopic (exact) mass is 547 g/mol. The molecule has 9 nitrogen and oxygen atoms in total. The topological polar surface area (TPSA) is 118 Å². The summed E-state index contributed by atoms with van der Waals surface area (Å²) in [5.74, 6) is -0.902. The molecule has 2 aromatic rings. The molecule has 0 unspecified atom stereocenters. The molecule has 3 rings (SSSR count). The zero-order valence-corrected chi connectivity index (χ0v) is 22.3. The van der Waals surface area contributed by atoms with Crippen molar-refractivity contribution in [1.82, 2.24) is 10.2 Å². The van der Waals surface area contributed by atoms with Gasteiger partial charge in [0.25, 0.3) is 5.91 Å². The van der Waals surface area contributed by atoms with Gasteiger partial charge in [0, 0.05) is 15.6 Å². The van der Waals surface area contributed by atoms with Crippen molar-refractivity contribution in [3.8, 4) is 5.75 Å². The average molecular weight is 548 g/mol. The molecule has 1 atom stereocenters. The Morgan fingerprint density at radius 1 is 1.14 bits per heavy atom. The van der Waals surface area contributed by atoms with E-state index >= 15 is 0 Å². The summed E-state index contributed by atoms with van der Waals surface area (Å²) >= 11 is 12.3. The smallest absolute Gasteiger partial charge is 0.408 e. The zero-order chi connectivity index (χ0) is 27.3. The first kappa shape index (κ1) is 28.0. The molecule has 0 fully saturated rings. The van der Waals surface area contributed by atoms with Crippen LogP contribution in [-0.2, 0) is 20.9 Å². The van der Waals surface area contributed by atoms with Crippen LogP contribution in [0.25, 0.3) is 6.08 Å². The number of carbonyl (C=O) groups excluding carboxylic acids is 2. The van der Waals surface area contributed by atoms with E-state index in [1.165, 1.54) is 4.90 Å². The average Bonchev–Trinajstić information content (AvgIpc) is 3.05. The van der Waals surface area contributed by atoms with Gasteiger partial charge in [-0.15, -0.1) is 0 Å². The van der Waals surface area contributed by atoms with E-state index in [2.05, 4.69) is 10.3 Å². The van der Waals surface area contributed by atoms with Gasteiger partial charge in [0.05, 0.1) is 6.54 Å². The van der Waals surface area contributed by atoms with Crippen molar-refractivity contribution in [3.63, 3.8) is 0 Å². The molecule has 37 heavy (non-hydrogen) atoms. The maximum atomic E-state index is 12.9. The van der Waals surface area contributed by atoms with Crippen LogP contribution in [0.5, 0.6) is 5.75 Å². The third-order valence-electron chi connectivity index (χ3n) is 5.12. The van der Waals surface area contributed by atoms with E-state index in [0.717, 1.165) is 0 Å². The maximum absolute atomic E-state index is 12.9. The number of carboxylic acid groups (broad SMARTS) is 1. The second kappa shape index (κ2) is 11.7. The lowest BCUT2D eigenvalue weighted by molar-refractivity contribution is -0.140. The van der Waals surface area contributed by atoms with E-state index in [-0.39, 0.29) is 18.8 Å². The summed E-state index contributed by atoms with van der Waals surface area (Å²) in [7, 11) is 0. The fraction of sp³-hybridized carbons (Fsp3) is 0.308. The van der Waals surface area contributed by atoms with Gasteiger partial charge in [-0.3, -0.25) is 9.69 Å². The van der Waals surface area contributed by atoms with Crippen LogP contribution in [-0.4, -0.2) is 52.0 Å². The number of amidine groups is 1. The van der Waals surface area contributed by atoms with Crippen LogP contribution in [0.15, 0.2) is 53.2 Å². The van der Waals surface area contributed by atoms with Gasteiger partial charge in [0.1, 0.15) is 35.5 Å². The Morgan fingerprint density at radius 2 is 1.76 bits per heavy atom. The number of hydrogen-bond donors (Lipinski definition) is 2. The van der Waals surface area contributed by atoms with Crippen LogP contribution >= 0.6 is 23.2 Å². The molecular weight excluding hydrogens is 521 g/mol. The minimum atomic E-state index is -1.38. The highest BCUT2D eigenvalue weighted by molar-refractivity contribution is 6.35. The zero-order valence-electron chi connectivity index (χ0n) is 20.7. The predicted molar refractivity (Wildman–Crippen MR) is 141 cm³/mol. The van der Waals surface area contributed by atoms with Crippen molar-refractivity contribution in [3.05, 3.63) is 69.3 Å². The Morgan fingerprint density at radius 3 is 2.32 bits per heavy atom. The summed E-state index contributed by atoms with van der Waals surface area (Å²) in [6.07, 6.45) is 0.688. The number of nitrogens with one attached hydrogen (secondary N) is 1. The van der Waals surface area contributed by atoms with Crippen molar-refractivity contribution in [1.29, 1.82) is 0 Å². The maximum Gasteiger partial charge on any atom is 0.408 e. The Hall–Kier alpha value is -3.56. The number of aliphatic imine (C=N–C) groups is 1. The fourth-order valence-electron chi connectivity index (χ4n) is 3.34. The molecule has 0 spiro atoms. The number of ether oxygens (including phenoxy) is 2. The minimum Gasteiger partial charge on any atom is -0.489 e. The number of nitrogens with zero attached hydrogens (tertiary/aromatic N) is 2. The molecule has 196 valence electrons. The van der Waals surface area contributed by atoms with Crippen LogP contribution in [0.1, 0.15) is 38.8 Å². The van der Waals surface area contributed by atoms with Gasteiger partial charge < -0.3 is 19.9 Å². The van der Waals surface area contributed by atoms with E-state index in [9.17, 15) is 19.5 Å². The number of amides is 2. The van der Waals surface area contributed by atoms with Gasteiger partial charge in [-0.05, 0) is 63.6 Å². The molecule has 0 aliphatic carbocycles. The quantitative estimate of drug-likeness (QED) is 0.441. The van der Waals surface area contributed by atoms with Gasteiger partial charge in [0.2, 0.25) is 0 Å². The lowest BCUT2D eigenvalue weighted by atomic mass is 10.1. The van der Waals surface area contributed by atoms with Crippen LogP contribution in [0.2, 0.25) is 10.0 Å². The summed E-state index contributed by atoms with van der Waals surface area (Å²) in [5, 5.41) is 12.8. The Balaban J connectivity index is 1.65. The van der Waals surface area contributed by atoms with Crippen molar-refractivity contribution in [2.45, 2.75) is 45.9 Å². The van der Waals surface area contributed by atoms with E-state index < -0.39 is 29.6 Å². The Kier molecular flexibility index (Phi) is 8.83. The molecule has 11 heteroatoms. The third-order valence-corrected chi connectivity index (χ3v) is 5.83. The van der Waals surface area contributed by atoms with Crippen molar-refractivity contribution >= 4 is 53.1 Å². The van der Waals surface area contributed by atoms with Gasteiger partial charge in [-0.1, -0.05) is 41.4 Å². The first-order chi connectivity index (χ1) is 17.3. The largest absolute Gasteiger partial charge is 0.489 e. The first-order valence-electron chi connectivity index (χ1n) is 11.3. The molecule has 0 radical (unpaired) electrons. The molecule has 0 saturated carbocycles. The van der Waals surface area contributed by atoms with Crippen LogP contribution in [0, 0.1) is 0 Å². The summed E-state index contributed by atoms with van der Waals surface area (Å²) in [5.41, 5.74) is 0.702. The highest BCUT2D eigenvalue weighted by Crippen LogP contribution is 2.26. The van der Waals surface area contributed by atoms with Crippen LogP contribution < -0.4 is 10.1 Å². The Labute approximate surface area is 224 Å². The molecule has 1 aliphatic rings. The standard InChI is InChI=1S/C26H27Cl2N3O6/c1-15-29-21(23(32)31(15)13-22(24(33)34)30-25(35)37-26(2,3)4)12-16-8-10-17(11-9-16)36-14-18-19(27)6-5-7-20(18)28/h5-12,22H,13-14H2,1-4H3,(H,30,35)(H,33,34)/b21-12-/t22-/m0/s1. The molecule has 0 bridgehead atoms. The van der Waals surface area contributed by atoms with Crippen molar-refractivity contribution in [2.75, 3.05) is 6.54 Å². The van der Waals surface area contributed by atoms with Crippen molar-refractivity contribution < 1.29 is 29.0 Å². The van der Waals surface area contributed by atoms with Crippen LogP contribution in [0.4, 0.5) is 4.79 Å². The summed E-state index contributed by atoms with van der Waals surface area (Å²) in [4.78, 5) is 42.1. The minimum absolute atomic E-state index is 0.135. The lowest BCUT2D eigenvalue weighted by Gasteiger charge is -2.24. The number of halogens is 2. The van der Waals surface area contributed by atoms with Crippen LogP contribution in [0.3, 0.4) is 0 Å². The normalized spacial score (nSPS) is 15.4. The van der Waals surface area contributed by atoms with E-state index in [4.69, 9.17) is 32.7 Å². The highest BCUT2D eigenvalue weighted by Gasteiger charge is 2.33. The molecule has 2 aromatic carbocycles. The van der Waals surface area contributed by atoms with E-state index in [1.54, 1.807) is 76.2 Å². The second-order valence-corrected chi connectivity index (χ2v) is 10.0. The molecule has 2 N–H and O–H groups in total. The van der Waals surface area contributed by atoms with Gasteiger partial charge in [-0.2, -0.15) is 0 Å². The van der Waals surface area contributed by atoms with Gasteiger partial charge in [0.15, 0.2) is 0 Å². The van der Waals surface area contributed by atoms with E-state index in [0.29, 0.717) is 32.8 Å². The summed E-state index contributed by atoms with van der Waals surface area (Å²) < 4.78 is 10.9. The molecule has 0 aromatic heterocycles. The SMILES string of the molecule is CC1=N/C(=C\c2ccc(OCc3c(Cl)cccc3Cl)cc2)C(=O)N1C[C@H](NC(=O)OC(C)(C)C)C(=O)O. The van der Waals surface area contributed by atoms with Gasteiger partial charge >= 0.3 is 12.1 Å². The molecule has 1 heterocycles. The summed E-state index contributed by atoms with van der Waals surface area (Å²) in [6, 6.07) is 10.8. The third kappa shape index (κ3) is 7.71. The van der Waals surface area contributed by atoms with Gasteiger partial charge in [-0.25, -0.2) is 14.6 Å². The first-order valence-corrected chi connectivity index (χ1v) is 12.1. The number of hydrogen-bond acceptors (Lipinski definition) is 6. The molecule has 2 amide bonds. The van der Waals surface area contributed by atoms with E-state index in [1.807, 2.05) is 0 Å².